The largest absolute Gasteiger partial charge is 0.383 e. The first-order valence-electron chi connectivity index (χ1n) is 7.56. The second-order valence-corrected chi connectivity index (χ2v) is 7.47. The Morgan fingerprint density at radius 2 is 1.88 bits per heavy atom. The molecule has 1 saturated heterocycles. The maximum absolute atomic E-state index is 12.4. The van der Waals surface area contributed by atoms with E-state index in [2.05, 4.69) is 5.32 Å². The van der Waals surface area contributed by atoms with Gasteiger partial charge in [-0.1, -0.05) is 12.1 Å². The van der Waals surface area contributed by atoms with E-state index in [-0.39, 0.29) is 29.8 Å². The molecule has 7 nitrogen and oxygen atoms in total. The lowest BCUT2D eigenvalue weighted by molar-refractivity contribution is -0.123. The molecule has 0 saturated carbocycles. The highest BCUT2D eigenvalue weighted by Gasteiger charge is 2.26. The van der Waals surface area contributed by atoms with Gasteiger partial charge in [-0.2, -0.15) is 4.31 Å². The summed E-state index contributed by atoms with van der Waals surface area (Å²) in [6.07, 6.45) is 1.82. The summed E-state index contributed by atoms with van der Waals surface area (Å²) in [5.74, 6) is -0.305. The Bertz CT molecular complexity index is 631. The predicted octanol–water partition coefficient (Wildman–Crippen LogP) is 0.483. The molecule has 1 amide bonds. The smallest absolute Gasteiger partial charge is 0.243 e. The van der Waals surface area contributed by atoms with E-state index in [1.807, 2.05) is 0 Å². The molecular weight excluding hydrogens is 354 g/mol. The van der Waals surface area contributed by atoms with E-state index >= 15 is 0 Å². The van der Waals surface area contributed by atoms with Crippen LogP contribution in [0.2, 0.25) is 0 Å². The fraction of sp³-hybridized carbons (Fsp3) is 0.533. The van der Waals surface area contributed by atoms with Crippen LogP contribution in [-0.4, -0.2) is 51.5 Å². The number of benzene rings is 1. The molecule has 0 aromatic heterocycles. The molecule has 3 N–H and O–H groups in total. The number of hydrogen-bond acceptors (Lipinski definition) is 5. The molecule has 1 fully saturated rings. The van der Waals surface area contributed by atoms with Crippen molar-refractivity contribution in [2.45, 2.75) is 30.3 Å². The van der Waals surface area contributed by atoms with E-state index in [0.29, 0.717) is 19.6 Å². The van der Waals surface area contributed by atoms with Crippen LogP contribution in [0.5, 0.6) is 0 Å². The Balaban J connectivity index is 0.00000288. The standard InChI is InChI=1S/C15H23N3O4S.ClH/c1-22-11-14(16)15(19)17-10-12-4-6-13(7-5-12)23(20,21)18-8-2-3-9-18;/h4-7,14H,2-3,8-11,16H2,1H3,(H,17,19);1H. The molecule has 1 atom stereocenters. The average Bonchev–Trinajstić information content (AvgIpc) is 3.08. The average molecular weight is 378 g/mol. The zero-order valence-electron chi connectivity index (χ0n) is 13.6. The third-order valence-electron chi connectivity index (χ3n) is 3.78. The molecule has 9 heteroatoms. The van der Waals surface area contributed by atoms with E-state index in [4.69, 9.17) is 10.5 Å². The summed E-state index contributed by atoms with van der Waals surface area (Å²) in [7, 11) is -1.92. The lowest BCUT2D eigenvalue weighted by atomic mass is 10.2. The van der Waals surface area contributed by atoms with E-state index in [9.17, 15) is 13.2 Å². The molecule has 0 aliphatic carbocycles. The van der Waals surface area contributed by atoms with Gasteiger partial charge in [0.2, 0.25) is 15.9 Å². The third kappa shape index (κ3) is 5.15. The summed E-state index contributed by atoms with van der Waals surface area (Å²) in [6, 6.07) is 5.83. The summed E-state index contributed by atoms with van der Waals surface area (Å²) in [5.41, 5.74) is 6.43. The minimum absolute atomic E-state index is 0. The lowest BCUT2D eigenvalue weighted by Crippen LogP contribution is -2.43. The Morgan fingerprint density at radius 1 is 1.29 bits per heavy atom. The quantitative estimate of drug-likeness (QED) is 0.719. The van der Waals surface area contributed by atoms with Crippen molar-refractivity contribution >= 4 is 28.3 Å². The zero-order valence-corrected chi connectivity index (χ0v) is 15.2. The molecule has 0 radical (unpaired) electrons. The van der Waals surface area contributed by atoms with Gasteiger partial charge >= 0.3 is 0 Å². The van der Waals surface area contributed by atoms with Crippen molar-refractivity contribution in [3.63, 3.8) is 0 Å². The Kier molecular flexibility index (Phi) is 8.11. The van der Waals surface area contributed by atoms with Crippen LogP contribution in [0.25, 0.3) is 0 Å². The van der Waals surface area contributed by atoms with Crippen molar-refractivity contribution in [2.24, 2.45) is 5.73 Å². The van der Waals surface area contributed by atoms with Crippen LogP contribution in [0.15, 0.2) is 29.2 Å². The summed E-state index contributed by atoms with van der Waals surface area (Å²) in [4.78, 5) is 12.0. The minimum atomic E-state index is -3.40. The van der Waals surface area contributed by atoms with Gasteiger partial charge in [0.25, 0.3) is 0 Å². The number of ether oxygens (including phenoxy) is 1. The number of carbonyl (C=O) groups excluding carboxylic acids is 1. The predicted molar refractivity (Wildman–Crippen MR) is 93.4 cm³/mol. The highest BCUT2D eigenvalue weighted by molar-refractivity contribution is 7.89. The molecule has 2 rings (SSSR count). The Hall–Kier alpha value is -1.19. The van der Waals surface area contributed by atoms with Crippen molar-refractivity contribution < 1.29 is 17.9 Å². The van der Waals surface area contributed by atoms with Crippen LogP contribution in [0.4, 0.5) is 0 Å². The molecule has 1 aromatic carbocycles. The lowest BCUT2D eigenvalue weighted by Gasteiger charge is -2.16. The molecule has 1 aromatic rings. The van der Waals surface area contributed by atoms with Crippen molar-refractivity contribution in [2.75, 3.05) is 26.8 Å². The minimum Gasteiger partial charge on any atom is -0.383 e. The van der Waals surface area contributed by atoms with Gasteiger partial charge in [-0.3, -0.25) is 4.79 Å². The molecule has 1 unspecified atom stereocenters. The fourth-order valence-corrected chi connectivity index (χ4v) is 3.95. The number of nitrogens with two attached hydrogens (primary N) is 1. The molecule has 0 spiro atoms. The number of sulfonamides is 1. The van der Waals surface area contributed by atoms with Gasteiger partial charge in [-0.05, 0) is 30.5 Å². The molecule has 1 aliphatic rings. The van der Waals surface area contributed by atoms with E-state index < -0.39 is 16.1 Å². The monoisotopic (exact) mass is 377 g/mol. The van der Waals surface area contributed by atoms with Crippen LogP contribution in [0.3, 0.4) is 0 Å². The van der Waals surface area contributed by atoms with Gasteiger partial charge < -0.3 is 15.8 Å². The number of carbonyl (C=O) groups is 1. The van der Waals surface area contributed by atoms with Crippen molar-refractivity contribution in [3.05, 3.63) is 29.8 Å². The second kappa shape index (κ2) is 9.33. The number of rotatable bonds is 7. The summed E-state index contributed by atoms with van der Waals surface area (Å²) in [5, 5.41) is 2.69. The van der Waals surface area contributed by atoms with Gasteiger partial charge in [0.15, 0.2) is 0 Å². The van der Waals surface area contributed by atoms with Crippen LogP contribution in [0.1, 0.15) is 18.4 Å². The molecule has 0 bridgehead atoms. The molecule has 136 valence electrons. The van der Waals surface area contributed by atoms with Crippen LogP contribution in [0, 0.1) is 0 Å². The number of nitrogens with zero attached hydrogens (tertiary/aromatic N) is 1. The van der Waals surface area contributed by atoms with Crippen molar-refractivity contribution in [3.8, 4) is 0 Å². The van der Waals surface area contributed by atoms with Crippen LogP contribution < -0.4 is 11.1 Å². The van der Waals surface area contributed by atoms with Crippen LogP contribution in [-0.2, 0) is 26.1 Å². The van der Waals surface area contributed by atoms with Gasteiger partial charge in [0, 0.05) is 26.7 Å². The van der Waals surface area contributed by atoms with E-state index in [0.717, 1.165) is 18.4 Å². The van der Waals surface area contributed by atoms with E-state index in [1.165, 1.54) is 11.4 Å². The number of methoxy groups -OCH3 is 1. The molecular formula is C15H24ClN3O4S. The number of nitrogens with one attached hydrogen (secondary N) is 1. The fourth-order valence-electron chi connectivity index (χ4n) is 2.43. The maximum atomic E-state index is 12.4. The molecule has 24 heavy (non-hydrogen) atoms. The first-order valence-corrected chi connectivity index (χ1v) is 9.00. The maximum Gasteiger partial charge on any atom is 0.243 e. The van der Waals surface area contributed by atoms with Crippen molar-refractivity contribution in [1.29, 1.82) is 0 Å². The van der Waals surface area contributed by atoms with Crippen molar-refractivity contribution in [1.82, 2.24) is 9.62 Å². The first kappa shape index (κ1) is 20.9. The number of amides is 1. The highest BCUT2D eigenvalue weighted by atomic mass is 35.5. The second-order valence-electron chi connectivity index (χ2n) is 5.53. The summed E-state index contributed by atoms with van der Waals surface area (Å²) in [6.45, 7) is 1.61. The molecule has 1 aliphatic heterocycles. The van der Waals surface area contributed by atoms with Gasteiger partial charge in [-0.25, -0.2) is 8.42 Å². The number of hydrogen-bond donors (Lipinski definition) is 2. The SMILES string of the molecule is COCC(N)C(=O)NCc1ccc(S(=O)(=O)N2CCCC2)cc1.Cl. The van der Waals surface area contributed by atoms with Gasteiger partial charge in [0.1, 0.15) is 6.04 Å². The Labute approximate surface area is 149 Å². The van der Waals surface area contributed by atoms with Gasteiger partial charge in [-0.15, -0.1) is 12.4 Å². The topological polar surface area (TPSA) is 102 Å². The van der Waals surface area contributed by atoms with E-state index in [1.54, 1.807) is 24.3 Å². The third-order valence-corrected chi connectivity index (χ3v) is 5.69. The zero-order chi connectivity index (χ0) is 16.9. The Morgan fingerprint density at radius 3 is 2.42 bits per heavy atom. The summed E-state index contributed by atoms with van der Waals surface area (Å²) >= 11 is 0. The molecule has 1 heterocycles. The van der Waals surface area contributed by atoms with Gasteiger partial charge in [0.05, 0.1) is 11.5 Å². The highest BCUT2D eigenvalue weighted by Crippen LogP contribution is 2.21. The number of halogens is 1. The van der Waals surface area contributed by atoms with Crippen LogP contribution >= 0.6 is 12.4 Å². The normalized spacial score (nSPS) is 16.4. The first-order chi connectivity index (χ1) is 10.9. The summed E-state index contributed by atoms with van der Waals surface area (Å²) < 4.78 is 31.1.